The summed E-state index contributed by atoms with van der Waals surface area (Å²) in [5.74, 6) is -0.0579. The lowest BCUT2D eigenvalue weighted by Gasteiger charge is -2.29. The number of carbonyl (C=O) groups excluding carboxylic acids is 1. The third-order valence-electron chi connectivity index (χ3n) is 3.27. The van der Waals surface area contributed by atoms with E-state index in [0.717, 1.165) is 5.56 Å². The first kappa shape index (κ1) is 16.1. The zero-order valence-corrected chi connectivity index (χ0v) is 14.0. The van der Waals surface area contributed by atoms with Crippen molar-refractivity contribution in [1.82, 2.24) is 5.32 Å². The Morgan fingerprint density at radius 2 is 2.19 bits per heavy atom. The van der Waals surface area contributed by atoms with Gasteiger partial charge in [0.1, 0.15) is 5.60 Å². The Balaban J connectivity index is 2.10. The average Bonchev–Trinajstić information content (AvgIpc) is 2.91. The summed E-state index contributed by atoms with van der Waals surface area (Å²) in [5, 5.41) is 3.42. The van der Waals surface area contributed by atoms with Crippen LogP contribution >= 0.6 is 27.5 Å². The van der Waals surface area contributed by atoms with E-state index in [1.165, 1.54) is 0 Å². The van der Waals surface area contributed by atoms with Gasteiger partial charge in [0.25, 0.3) is 5.91 Å². The van der Waals surface area contributed by atoms with Gasteiger partial charge in [0.2, 0.25) is 0 Å². The van der Waals surface area contributed by atoms with Crippen molar-refractivity contribution >= 4 is 33.4 Å². The number of hydrogen-bond donors (Lipinski definition) is 1. The maximum absolute atomic E-state index is 12.0. The molecule has 0 radical (unpaired) electrons. The van der Waals surface area contributed by atoms with Crippen LogP contribution in [0.25, 0.3) is 0 Å². The number of hydrogen-bond acceptors (Lipinski definition) is 3. The van der Waals surface area contributed by atoms with Gasteiger partial charge in [-0.2, -0.15) is 0 Å². The Bertz CT molecular complexity index is 643. The van der Waals surface area contributed by atoms with E-state index in [4.69, 9.17) is 20.8 Å². The van der Waals surface area contributed by atoms with Crippen LogP contribution in [0.4, 0.5) is 0 Å². The summed E-state index contributed by atoms with van der Waals surface area (Å²) >= 11 is 9.17. The number of methoxy groups -OCH3 is 1. The normalized spacial score (nSPS) is 13.7. The topological polar surface area (TPSA) is 51.5 Å². The maximum Gasteiger partial charge on any atom is 0.287 e. The second-order valence-electron chi connectivity index (χ2n) is 4.73. The van der Waals surface area contributed by atoms with Crippen molar-refractivity contribution in [3.8, 4) is 0 Å². The molecule has 0 bridgehead atoms. The number of nitrogens with one attached hydrogen (secondary N) is 1. The van der Waals surface area contributed by atoms with Crippen molar-refractivity contribution in [1.29, 1.82) is 0 Å². The van der Waals surface area contributed by atoms with E-state index in [2.05, 4.69) is 21.2 Å². The monoisotopic (exact) mass is 371 g/mol. The SMILES string of the molecule is CO[C@](C)(CNC(=O)c1ccc(Br)o1)c1cccc(Cl)c1. The van der Waals surface area contributed by atoms with E-state index in [1.807, 2.05) is 25.1 Å². The predicted octanol–water partition coefficient (Wildman–Crippen LogP) is 3.99. The van der Waals surface area contributed by atoms with Gasteiger partial charge in [-0.3, -0.25) is 4.79 Å². The molecule has 2 rings (SSSR count). The fraction of sp³-hybridized carbons (Fsp3) is 0.267. The van der Waals surface area contributed by atoms with Crippen LogP contribution in [0.15, 0.2) is 45.5 Å². The fourth-order valence-corrected chi connectivity index (χ4v) is 2.38. The van der Waals surface area contributed by atoms with Crippen molar-refractivity contribution in [3.05, 3.63) is 57.4 Å². The standard InChI is InChI=1S/C15H15BrClNO3/c1-15(20-2,10-4-3-5-11(17)8-10)9-18-14(19)12-6-7-13(16)21-12/h3-8H,9H2,1-2H3,(H,18,19)/t15-/m1/s1. The summed E-state index contributed by atoms with van der Waals surface area (Å²) in [4.78, 5) is 12.0. The van der Waals surface area contributed by atoms with Crippen LogP contribution < -0.4 is 5.32 Å². The molecule has 1 aromatic carbocycles. The highest BCUT2D eigenvalue weighted by atomic mass is 79.9. The molecule has 112 valence electrons. The van der Waals surface area contributed by atoms with Crippen LogP contribution in [0.3, 0.4) is 0 Å². The summed E-state index contributed by atoms with van der Waals surface area (Å²) in [6, 6.07) is 10.6. The van der Waals surface area contributed by atoms with Gasteiger partial charge in [-0.15, -0.1) is 0 Å². The summed E-state index contributed by atoms with van der Waals surface area (Å²) < 4.78 is 11.3. The van der Waals surface area contributed by atoms with Crippen LogP contribution in [-0.2, 0) is 10.3 Å². The Labute approximate surface area is 136 Å². The van der Waals surface area contributed by atoms with E-state index in [9.17, 15) is 4.79 Å². The second kappa shape index (κ2) is 6.64. The van der Waals surface area contributed by atoms with Gasteiger partial charge < -0.3 is 14.5 Å². The van der Waals surface area contributed by atoms with Crippen molar-refractivity contribution < 1.29 is 13.9 Å². The number of rotatable bonds is 5. The Morgan fingerprint density at radius 3 is 2.76 bits per heavy atom. The molecule has 0 unspecified atom stereocenters. The second-order valence-corrected chi connectivity index (χ2v) is 5.95. The van der Waals surface area contributed by atoms with Crippen molar-refractivity contribution in [2.45, 2.75) is 12.5 Å². The molecule has 21 heavy (non-hydrogen) atoms. The number of benzene rings is 1. The Kier molecular flexibility index (Phi) is 5.08. The molecule has 1 heterocycles. The highest BCUT2D eigenvalue weighted by Gasteiger charge is 2.27. The maximum atomic E-state index is 12.0. The number of amides is 1. The lowest BCUT2D eigenvalue weighted by Crippen LogP contribution is -2.40. The van der Waals surface area contributed by atoms with Gasteiger partial charge >= 0.3 is 0 Å². The summed E-state index contributed by atoms with van der Waals surface area (Å²) in [5.41, 5.74) is 0.211. The molecule has 0 spiro atoms. The smallest absolute Gasteiger partial charge is 0.287 e. The van der Waals surface area contributed by atoms with Crippen molar-refractivity contribution in [3.63, 3.8) is 0 Å². The molecule has 1 amide bonds. The van der Waals surface area contributed by atoms with Crippen LogP contribution in [0.2, 0.25) is 5.02 Å². The molecule has 0 saturated heterocycles. The van der Waals surface area contributed by atoms with E-state index >= 15 is 0 Å². The molecular weight excluding hydrogens is 358 g/mol. The van der Waals surface area contributed by atoms with Crippen LogP contribution in [0, 0.1) is 0 Å². The zero-order valence-electron chi connectivity index (χ0n) is 11.7. The lowest BCUT2D eigenvalue weighted by molar-refractivity contribution is 0.00293. The zero-order chi connectivity index (χ0) is 15.5. The van der Waals surface area contributed by atoms with Gasteiger partial charge in [-0.25, -0.2) is 0 Å². The summed E-state index contributed by atoms with van der Waals surface area (Å²) in [6.45, 7) is 2.18. The number of furan rings is 1. The van der Waals surface area contributed by atoms with Crippen LogP contribution in [0.1, 0.15) is 23.0 Å². The third kappa shape index (κ3) is 3.87. The van der Waals surface area contributed by atoms with E-state index in [0.29, 0.717) is 16.2 Å². The molecule has 0 aliphatic carbocycles. The van der Waals surface area contributed by atoms with Gasteiger partial charge in [-0.05, 0) is 52.7 Å². The molecular formula is C15H15BrClNO3. The van der Waals surface area contributed by atoms with Gasteiger partial charge in [0.05, 0.1) is 6.54 Å². The van der Waals surface area contributed by atoms with Gasteiger partial charge in [0, 0.05) is 12.1 Å². The minimum atomic E-state index is -0.676. The highest BCUT2D eigenvalue weighted by molar-refractivity contribution is 9.10. The predicted molar refractivity (Wildman–Crippen MR) is 84.6 cm³/mol. The van der Waals surface area contributed by atoms with Crippen LogP contribution in [0.5, 0.6) is 0 Å². The largest absolute Gasteiger partial charge is 0.444 e. The van der Waals surface area contributed by atoms with E-state index in [1.54, 1.807) is 25.3 Å². The molecule has 0 fully saturated rings. The molecule has 1 N–H and O–H groups in total. The molecule has 0 aliphatic heterocycles. The van der Waals surface area contributed by atoms with Crippen molar-refractivity contribution in [2.24, 2.45) is 0 Å². The molecule has 1 atom stereocenters. The molecule has 6 heteroatoms. The Hall–Kier alpha value is -1.30. The summed E-state index contributed by atoms with van der Waals surface area (Å²) in [7, 11) is 1.59. The first-order valence-electron chi connectivity index (χ1n) is 6.29. The minimum absolute atomic E-state index is 0.242. The quantitative estimate of drug-likeness (QED) is 0.863. The van der Waals surface area contributed by atoms with Gasteiger partial charge in [-0.1, -0.05) is 23.7 Å². The highest BCUT2D eigenvalue weighted by Crippen LogP contribution is 2.26. The third-order valence-corrected chi connectivity index (χ3v) is 3.93. The number of halogens is 2. The summed E-state index contributed by atoms with van der Waals surface area (Å²) in [6.07, 6.45) is 0. The molecule has 4 nitrogen and oxygen atoms in total. The average molecular weight is 373 g/mol. The van der Waals surface area contributed by atoms with Crippen LogP contribution in [-0.4, -0.2) is 19.6 Å². The molecule has 0 aliphatic rings. The first-order chi connectivity index (χ1) is 9.94. The van der Waals surface area contributed by atoms with E-state index in [-0.39, 0.29) is 11.7 Å². The molecule has 0 saturated carbocycles. The molecule has 1 aromatic heterocycles. The first-order valence-corrected chi connectivity index (χ1v) is 7.46. The lowest BCUT2D eigenvalue weighted by atomic mass is 9.95. The number of carbonyl (C=O) groups is 1. The van der Waals surface area contributed by atoms with E-state index < -0.39 is 5.60 Å². The number of ether oxygens (including phenoxy) is 1. The fourth-order valence-electron chi connectivity index (χ4n) is 1.88. The Morgan fingerprint density at radius 1 is 1.43 bits per heavy atom. The minimum Gasteiger partial charge on any atom is -0.444 e. The van der Waals surface area contributed by atoms with Gasteiger partial charge in [0.15, 0.2) is 10.4 Å². The molecule has 2 aromatic rings. The van der Waals surface area contributed by atoms with Crippen molar-refractivity contribution in [2.75, 3.05) is 13.7 Å².